The van der Waals surface area contributed by atoms with E-state index in [1.54, 1.807) is 0 Å². The SMILES string of the molecule is NC(N)=NCCC[C@H](NC(=O)CCC(=O)O)C(=O)NCC(=O)N[C@@H](CC(=O)O)C(=O)O. The standard InChI is InChI=1S/C16H26N6O9/c17-16(18)19-5-1-2-8(21-10(23)3-4-12(25)26)14(29)20-7-11(24)22-9(15(30)31)6-13(27)28/h8-9H,1-7H2,(H,20,29)(H,21,23)(H,22,24)(H,25,26)(H,27,28)(H,30,31)(H4,17,18,19)/t8-,9-/m0/s1. The van der Waals surface area contributed by atoms with Crippen molar-refractivity contribution < 1.29 is 44.1 Å². The summed E-state index contributed by atoms with van der Waals surface area (Å²) in [6, 6.07) is -2.83. The first kappa shape index (κ1) is 27.1. The lowest BCUT2D eigenvalue weighted by Crippen LogP contribution is -2.51. The zero-order valence-corrected chi connectivity index (χ0v) is 16.5. The number of carboxylic acids is 3. The fourth-order valence-electron chi connectivity index (χ4n) is 2.17. The Labute approximate surface area is 176 Å². The van der Waals surface area contributed by atoms with Gasteiger partial charge in [0.05, 0.1) is 19.4 Å². The molecule has 0 spiro atoms. The lowest BCUT2D eigenvalue weighted by Gasteiger charge is -2.18. The number of amides is 3. The van der Waals surface area contributed by atoms with Crippen molar-refractivity contribution in [2.24, 2.45) is 16.5 Å². The summed E-state index contributed by atoms with van der Waals surface area (Å²) in [5.41, 5.74) is 10.4. The topological polar surface area (TPSA) is 264 Å². The second kappa shape index (κ2) is 14.1. The number of carbonyl (C=O) groups excluding carboxylic acids is 3. The minimum absolute atomic E-state index is 0.0554. The minimum Gasteiger partial charge on any atom is -0.481 e. The molecule has 10 N–H and O–H groups in total. The van der Waals surface area contributed by atoms with E-state index in [2.05, 4.69) is 15.6 Å². The molecule has 15 heteroatoms. The molecule has 0 aliphatic rings. The van der Waals surface area contributed by atoms with E-state index in [4.69, 9.17) is 26.8 Å². The fraction of sp³-hybridized carbons (Fsp3) is 0.562. The lowest BCUT2D eigenvalue weighted by atomic mass is 10.1. The third-order valence-corrected chi connectivity index (χ3v) is 3.60. The van der Waals surface area contributed by atoms with Crippen molar-refractivity contribution in [3.8, 4) is 0 Å². The van der Waals surface area contributed by atoms with E-state index in [-0.39, 0.29) is 31.8 Å². The highest BCUT2D eigenvalue weighted by molar-refractivity contribution is 5.92. The summed E-state index contributed by atoms with van der Waals surface area (Å²) in [5.74, 6) is -6.84. The highest BCUT2D eigenvalue weighted by atomic mass is 16.4. The van der Waals surface area contributed by atoms with E-state index >= 15 is 0 Å². The highest BCUT2D eigenvalue weighted by Crippen LogP contribution is 2.01. The number of hydrogen-bond donors (Lipinski definition) is 8. The molecule has 0 bridgehead atoms. The molecule has 0 unspecified atom stereocenters. The summed E-state index contributed by atoms with van der Waals surface area (Å²) >= 11 is 0. The number of aliphatic carboxylic acids is 3. The lowest BCUT2D eigenvalue weighted by molar-refractivity contribution is -0.147. The maximum absolute atomic E-state index is 12.3. The number of hydrogen-bond acceptors (Lipinski definition) is 7. The molecule has 0 heterocycles. The molecule has 2 atom stereocenters. The molecule has 0 saturated heterocycles. The van der Waals surface area contributed by atoms with Gasteiger partial charge in [-0.05, 0) is 12.8 Å². The van der Waals surface area contributed by atoms with Gasteiger partial charge >= 0.3 is 17.9 Å². The van der Waals surface area contributed by atoms with Gasteiger partial charge in [-0.1, -0.05) is 0 Å². The Hall–Kier alpha value is -3.91. The normalized spacial score (nSPS) is 12.0. The summed E-state index contributed by atoms with van der Waals surface area (Å²) in [6.45, 7) is -0.537. The molecular weight excluding hydrogens is 420 g/mol. The maximum Gasteiger partial charge on any atom is 0.326 e. The van der Waals surface area contributed by atoms with Gasteiger partial charge in [-0.15, -0.1) is 0 Å². The second-order valence-electron chi connectivity index (χ2n) is 6.24. The van der Waals surface area contributed by atoms with Crippen LogP contribution in [0.4, 0.5) is 0 Å². The number of guanidine groups is 1. The first-order valence-electron chi connectivity index (χ1n) is 9.00. The van der Waals surface area contributed by atoms with Crippen molar-refractivity contribution in [1.29, 1.82) is 0 Å². The van der Waals surface area contributed by atoms with Crippen LogP contribution in [0.3, 0.4) is 0 Å². The molecule has 0 aromatic heterocycles. The average Bonchev–Trinajstić information content (AvgIpc) is 2.65. The van der Waals surface area contributed by atoms with E-state index in [1.165, 1.54) is 0 Å². The number of nitrogens with zero attached hydrogens (tertiary/aromatic N) is 1. The molecule has 0 aliphatic carbocycles. The van der Waals surface area contributed by atoms with Gasteiger partial charge in [0, 0.05) is 13.0 Å². The van der Waals surface area contributed by atoms with Crippen LogP contribution in [-0.4, -0.2) is 82.1 Å². The monoisotopic (exact) mass is 446 g/mol. The van der Waals surface area contributed by atoms with Crippen LogP contribution >= 0.6 is 0 Å². The Morgan fingerprint density at radius 3 is 1.97 bits per heavy atom. The molecule has 31 heavy (non-hydrogen) atoms. The van der Waals surface area contributed by atoms with Gasteiger partial charge < -0.3 is 42.7 Å². The van der Waals surface area contributed by atoms with Crippen LogP contribution in [0, 0.1) is 0 Å². The number of rotatable bonds is 15. The van der Waals surface area contributed by atoms with E-state index in [0.29, 0.717) is 0 Å². The maximum atomic E-state index is 12.3. The van der Waals surface area contributed by atoms with Gasteiger partial charge in [-0.3, -0.25) is 29.0 Å². The average molecular weight is 446 g/mol. The summed E-state index contributed by atoms with van der Waals surface area (Å²) in [5, 5.41) is 32.7. The van der Waals surface area contributed by atoms with E-state index in [0.717, 1.165) is 0 Å². The van der Waals surface area contributed by atoms with Crippen molar-refractivity contribution in [2.75, 3.05) is 13.1 Å². The summed E-state index contributed by atoms with van der Waals surface area (Å²) in [4.78, 5) is 71.9. The summed E-state index contributed by atoms with van der Waals surface area (Å²) in [7, 11) is 0. The van der Waals surface area contributed by atoms with Crippen LogP contribution in [0.25, 0.3) is 0 Å². The Morgan fingerprint density at radius 2 is 1.45 bits per heavy atom. The first-order chi connectivity index (χ1) is 14.4. The van der Waals surface area contributed by atoms with Gasteiger partial charge in [0.15, 0.2) is 5.96 Å². The van der Waals surface area contributed by atoms with Crippen LogP contribution in [-0.2, 0) is 28.8 Å². The molecule has 0 aromatic rings. The largest absolute Gasteiger partial charge is 0.481 e. The molecule has 15 nitrogen and oxygen atoms in total. The molecule has 0 fully saturated rings. The molecular formula is C16H26N6O9. The molecule has 0 radical (unpaired) electrons. The van der Waals surface area contributed by atoms with Crippen LogP contribution in [0.1, 0.15) is 32.1 Å². The second-order valence-corrected chi connectivity index (χ2v) is 6.24. The van der Waals surface area contributed by atoms with Gasteiger partial charge in [0.25, 0.3) is 0 Å². The van der Waals surface area contributed by atoms with Gasteiger partial charge in [0.2, 0.25) is 17.7 Å². The van der Waals surface area contributed by atoms with Crippen LogP contribution in [0.5, 0.6) is 0 Å². The minimum atomic E-state index is -1.69. The Balaban J connectivity index is 4.87. The van der Waals surface area contributed by atoms with E-state index < -0.39 is 67.1 Å². The Kier molecular flexibility index (Phi) is 12.4. The van der Waals surface area contributed by atoms with Gasteiger partial charge in [-0.25, -0.2) is 4.79 Å². The third kappa shape index (κ3) is 13.8. The first-order valence-corrected chi connectivity index (χ1v) is 9.00. The zero-order chi connectivity index (χ0) is 24.0. The Bertz CT molecular complexity index is 720. The summed E-state index contributed by atoms with van der Waals surface area (Å²) in [6.07, 6.45) is -1.36. The molecule has 0 aromatic carbocycles. The molecule has 0 saturated carbocycles. The van der Waals surface area contributed by atoms with Gasteiger partial charge in [-0.2, -0.15) is 0 Å². The van der Waals surface area contributed by atoms with Crippen molar-refractivity contribution in [1.82, 2.24) is 16.0 Å². The third-order valence-electron chi connectivity index (χ3n) is 3.60. The fourth-order valence-corrected chi connectivity index (χ4v) is 2.17. The van der Waals surface area contributed by atoms with Crippen molar-refractivity contribution >= 4 is 41.6 Å². The predicted octanol–water partition coefficient (Wildman–Crippen LogP) is -3.45. The molecule has 0 rings (SSSR count). The number of carboxylic acid groups (broad SMARTS) is 3. The van der Waals surface area contributed by atoms with E-state index in [1.807, 2.05) is 5.32 Å². The highest BCUT2D eigenvalue weighted by Gasteiger charge is 2.25. The zero-order valence-electron chi connectivity index (χ0n) is 16.5. The van der Waals surface area contributed by atoms with Crippen molar-refractivity contribution in [2.45, 2.75) is 44.2 Å². The number of nitrogens with two attached hydrogens (primary N) is 2. The molecule has 174 valence electrons. The van der Waals surface area contributed by atoms with Crippen molar-refractivity contribution in [3.05, 3.63) is 0 Å². The van der Waals surface area contributed by atoms with Crippen molar-refractivity contribution in [3.63, 3.8) is 0 Å². The molecule has 0 aliphatic heterocycles. The van der Waals surface area contributed by atoms with Crippen LogP contribution in [0.15, 0.2) is 4.99 Å². The van der Waals surface area contributed by atoms with Gasteiger partial charge in [0.1, 0.15) is 12.1 Å². The summed E-state index contributed by atoms with van der Waals surface area (Å²) < 4.78 is 0. The predicted molar refractivity (Wildman–Crippen MR) is 104 cm³/mol. The number of nitrogens with one attached hydrogen (secondary N) is 3. The smallest absolute Gasteiger partial charge is 0.326 e. The van der Waals surface area contributed by atoms with Crippen LogP contribution in [0.2, 0.25) is 0 Å². The number of aliphatic imine (C=N–C) groups is 1. The van der Waals surface area contributed by atoms with Crippen LogP contribution < -0.4 is 27.4 Å². The van der Waals surface area contributed by atoms with E-state index in [9.17, 15) is 28.8 Å². The quantitative estimate of drug-likeness (QED) is 0.0696. The number of carbonyl (C=O) groups is 6. The molecule has 3 amide bonds. The Morgan fingerprint density at radius 1 is 0.839 bits per heavy atom.